The highest BCUT2D eigenvalue weighted by atomic mass is 35.5. The van der Waals surface area contributed by atoms with Gasteiger partial charge in [0.25, 0.3) is 0 Å². The number of pyridine rings is 1. The van der Waals surface area contributed by atoms with Gasteiger partial charge < -0.3 is 25.4 Å². The van der Waals surface area contributed by atoms with Gasteiger partial charge in [0.15, 0.2) is 5.65 Å². The van der Waals surface area contributed by atoms with Crippen LogP contribution in [0, 0.1) is 23.2 Å². The lowest BCUT2D eigenvalue weighted by Crippen LogP contribution is -2.41. The van der Waals surface area contributed by atoms with Crippen molar-refractivity contribution in [3.8, 4) is 11.8 Å². The van der Waals surface area contributed by atoms with Crippen molar-refractivity contribution in [1.29, 1.82) is 0 Å². The first kappa shape index (κ1) is 22.2. The third-order valence-electron chi connectivity index (χ3n) is 6.50. The van der Waals surface area contributed by atoms with Crippen molar-refractivity contribution in [2.75, 3.05) is 12.4 Å². The summed E-state index contributed by atoms with van der Waals surface area (Å²) in [6, 6.07) is 5.15. The Kier molecular flexibility index (Phi) is 5.37. The smallest absolute Gasteiger partial charge is 0.229 e. The molecule has 172 valence electrons. The number of aromatic nitrogens is 3. The Labute approximate surface area is 200 Å². The van der Waals surface area contributed by atoms with Crippen LogP contribution < -0.4 is 10.6 Å². The molecule has 3 aromatic rings. The summed E-state index contributed by atoms with van der Waals surface area (Å²) in [5.74, 6) is 5.74. The zero-order chi connectivity index (χ0) is 23.5. The van der Waals surface area contributed by atoms with Gasteiger partial charge in [-0.25, -0.2) is 9.97 Å². The lowest BCUT2D eigenvalue weighted by Gasteiger charge is -2.23. The minimum atomic E-state index is -1.15. The Morgan fingerprint density at radius 2 is 2.15 bits per heavy atom. The van der Waals surface area contributed by atoms with Gasteiger partial charge in [0.05, 0.1) is 38.8 Å². The first-order chi connectivity index (χ1) is 15.8. The van der Waals surface area contributed by atoms with Crippen molar-refractivity contribution in [3.05, 3.63) is 39.4 Å². The fourth-order valence-electron chi connectivity index (χ4n) is 5.00. The topological polar surface area (TPSA) is 112 Å². The fraction of sp³-hybridized carbons (Fsp3) is 0.435. The largest absolute Gasteiger partial charge is 0.389 e. The van der Waals surface area contributed by atoms with Gasteiger partial charge in [-0.15, -0.1) is 11.3 Å². The molecule has 0 bridgehead atoms. The van der Waals surface area contributed by atoms with Crippen molar-refractivity contribution < 1.29 is 15.0 Å². The molecule has 3 aromatic heterocycles. The number of amides is 1. The number of rotatable bonds is 4. The number of aliphatic hydroxyl groups is 2. The van der Waals surface area contributed by atoms with Crippen LogP contribution in [0.15, 0.2) is 24.5 Å². The SMILES string of the molecule is CNC(=O)C12CC1C(n1cnc3c(NC(C)C)cc(C#Cc4ccc(Cl)s4)nc31)C(O)C2O. The normalized spacial score (nSPS) is 27.8. The van der Waals surface area contributed by atoms with Crippen LogP contribution >= 0.6 is 22.9 Å². The van der Waals surface area contributed by atoms with Crippen LogP contribution in [0.4, 0.5) is 5.69 Å². The molecule has 10 heteroatoms. The van der Waals surface area contributed by atoms with E-state index in [-0.39, 0.29) is 17.9 Å². The molecular weight excluding hydrogens is 462 g/mol. The van der Waals surface area contributed by atoms with E-state index in [2.05, 4.69) is 27.5 Å². The summed E-state index contributed by atoms with van der Waals surface area (Å²) in [4.78, 5) is 22.6. The maximum atomic E-state index is 12.5. The molecule has 2 aliphatic rings. The minimum absolute atomic E-state index is 0.154. The van der Waals surface area contributed by atoms with E-state index in [0.29, 0.717) is 27.6 Å². The van der Waals surface area contributed by atoms with Crippen LogP contribution in [0.2, 0.25) is 4.34 Å². The van der Waals surface area contributed by atoms with Crippen LogP contribution in [-0.2, 0) is 4.79 Å². The summed E-state index contributed by atoms with van der Waals surface area (Å²) in [7, 11) is 1.54. The van der Waals surface area contributed by atoms with Gasteiger partial charge in [0.1, 0.15) is 17.3 Å². The Morgan fingerprint density at radius 3 is 2.82 bits per heavy atom. The molecule has 0 aliphatic heterocycles. The van der Waals surface area contributed by atoms with Crippen molar-refractivity contribution in [2.24, 2.45) is 11.3 Å². The lowest BCUT2D eigenvalue weighted by molar-refractivity contribution is -0.132. The number of fused-ring (bicyclic) bond motifs is 2. The first-order valence-corrected chi connectivity index (χ1v) is 12.0. The molecule has 1 amide bonds. The lowest BCUT2D eigenvalue weighted by atomic mass is 9.98. The van der Waals surface area contributed by atoms with Gasteiger partial charge in [-0.1, -0.05) is 11.6 Å². The molecule has 0 radical (unpaired) electrons. The zero-order valence-corrected chi connectivity index (χ0v) is 19.9. The van der Waals surface area contributed by atoms with E-state index in [1.54, 1.807) is 24.0 Å². The molecule has 8 nitrogen and oxygen atoms in total. The van der Waals surface area contributed by atoms with E-state index >= 15 is 0 Å². The number of hydrogen-bond acceptors (Lipinski definition) is 7. The van der Waals surface area contributed by atoms with Gasteiger partial charge in [-0.3, -0.25) is 4.79 Å². The van der Waals surface area contributed by atoms with E-state index in [1.165, 1.54) is 11.3 Å². The quantitative estimate of drug-likeness (QED) is 0.422. The standard InChI is InChI=1S/C23H24ClN5O3S/c1-11(2)27-15-8-12(4-5-13-6-7-16(24)33-13)28-21-17(15)26-10-29(21)18-14-9-23(14,22(32)25-3)20(31)19(18)30/h6-8,10-11,14,18-20,30-31H,9H2,1-3H3,(H,25,32)(H,27,28). The second-order valence-corrected chi connectivity index (χ2v) is 10.6. The molecule has 3 heterocycles. The highest BCUT2D eigenvalue weighted by Gasteiger charge is 2.75. The number of halogens is 1. The third-order valence-corrected chi connectivity index (χ3v) is 7.65. The van der Waals surface area contributed by atoms with Crippen molar-refractivity contribution >= 4 is 45.7 Å². The zero-order valence-electron chi connectivity index (χ0n) is 18.3. The number of carbonyl (C=O) groups excluding carboxylic acids is 1. The second kappa shape index (κ2) is 7.99. The van der Waals surface area contributed by atoms with Crippen molar-refractivity contribution in [3.63, 3.8) is 0 Å². The molecule has 4 N–H and O–H groups in total. The maximum Gasteiger partial charge on any atom is 0.229 e. The highest BCUT2D eigenvalue weighted by Crippen LogP contribution is 2.67. The van der Waals surface area contributed by atoms with Crippen LogP contribution in [0.5, 0.6) is 0 Å². The number of hydrogen-bond donors (Lipinski definition) is 4. The molecule has 0 saturated heterocycles. The van der Waals surface area contributed by atoms with Gasteiger partial charge in [-0.05, 0) is 50.3 Å². The molecule has 5 unspecified atom stereocenters. The number of nitrogens with zero attached hydrogens (tertiary/aromatic N) is 3. The van der Waals surface area contributed by atoms with E-state index < -0.39 is 23.7 Å². The monoisotopic (exact) mass is 485 g/mol. The number of carbonyl (C=O) groups is 1. The Hall–Kier alpha value is -2.64. The van der Waals surface area contributed by atoms with E-state index in [1.807, 2.05) is 26.0 Å². The minimum Gasteiger partial charge on any atom is -0.389 e. The first-order valence-electron chi connectivity index (χ1n) is 10.8. The average molecular weight is 486 g/mol. The van der Waals surface area contributed by atoms with Crippen LogP contribution in [0.25, 0.3) is 11.2 Å². The summed E-state index contributed by atoms with van der Waals surface area (Å²) < 4.78 is 2.45. The predicted molar refractivity (Wildman–Crippen MR) is 127 cm³/mol. The van der Waals surface area contributed by atoms with Gasteiger partial charge in [0, 0.05) is 19.0 Å². The second-order valence-electron chi connectivity index (χ2n) is 8.89. The summed E-state index contributed by atoms with van der Waals surface area (Å²) in [5, 5.41) is 27.6. The van der Waals surface area contributed by atoms with Gasteiger partial charge >= 0.3 is 0 Å². The number of aliphatic hydroxyl groups excluding tert-OH is 2. The molecule has 2 saturated carbocycles. The van der Waals surface area contributed by atoms with E-state index in [0.717, 1.165) is 10.6 Å². The summed E-state index contributed by atoms with van der Waals surface area (Å²) in [6.07, 6.45) is -0.127. The van der Waals surface area contributed by atoms with Crippen LogP contribution in [0.1, 0.15) is 36.9 Å². The Balaban J connectivity index is 1.60. The molecule has 33 heavy (non-hydrogen) atoms. The third kappa shape index (κ3) is 3.49. The molecule has 0 aromatic carbocycles. The molecule has 0 spiro atoms. The van der Waals surface area contributed by atoms with Gasteiger partial charge in [-0.2, -0.15) is 0 Å². The number of imidazole rings is 1. The Morgan fingerprint density at radius 1 is 1.36 bits per heavy atom. The fourth-order valence-corrected chi connectivity index (χ4v) is 5.90. The van der Waals surface area contributed by atoms with E-state index in [4.69, 9.17) is 16.6 Å². The highest BCUT2D eigenvalue weighted by molar-refractivity contribution is 7.16. The maximum absolute atomic E-state index is 12.5. The number of nitrogens with one attached hydrogen (secondary N) is 2. The molecule has 2 fully saturated rings. The molecular formula is C23H24ClN5O3S. The summed E-state index contributed by atoms with van der Waals surface area (Å²) in [5.41, 5.74) is 1.55. The molecule has 5 rings (SSSR count). The summed E-state index contributed by atoms with van der Waals surface area (Å²) >= 11 is 7.40. The molecule has 5 atom stereocenters. The number of thiophene rings is 1. The van der Waals surface area contributed by atoms with Gasteiger partial charge in [0.2, 0.25) is 5.91 Å². The average Bonchev–Trinajstić information content (AvgIpc) is 3.03. The number of anilines is 1. The molecule has 2 aliphatic carbocycles. The van der Waals surface area contributed by atoms with Crippen molar-refractivity contribution in [1.82, 2.24) is 19.9 Å². The predicted octanol–water partition coefficient (Wildman–Crippen LogP) is 2.40. The van der Waals surface area contributed by atoms with Crippen LogP contribution in [-0.4, -0.2) is 56.0 Å². The van der Waals surface area contributed by atoms with E-state index in [9.17, 15) is 15.0 Å². The van der Waals surface area contributed by atoms with Crippen molar-refractivity contribution in [2.45, 2.75) is 44.6 Å². The van der Waals surface area contributed by atoms with Crippen LogP contribution in [0.3, 0.4) is 0 Å². The summed E-state index contributed by atoms with van der Waals surface area (Å²) in [6.45, 7) is 4.06. The Bertz CT molecular complexity index is 1310.